The number of aliphatic hydroxyl groups excluding tert-OH is 1. The number of hydrogen-bond donors (Lipinski definition) is 10. The van der Waals surface area contributed by atoms with E-state index in [2.05, 4.69) is 35.8 Å². The number of carbonyl (C=O) groups excluding carboxylic acids is 4. The van der Waals surface area contributed by atoms with Gasteiger partial charge in [-0.2, -0.15) is 0 Å². The number of hydrogen-bond acceptors (Lipinski definition) is 12. The molecular formula is C57H74N8O12. The van der Waals surface area contributed by atoms with Gasteiger partial charge in [0.2, 0.25) is 23.6 Å². The molecule has 4 amide bonds. The summed E-state index contributed by atoms with van der Waals surface area (Å²) in [6, 6.07) is 21.7. The van der Waals surface area contributed by atoms with Gasteiger partial charge in [0.05, 0.1) is 6.61 Å². The Balaban J connectivity index is 0.000000189. The van der Waals surface area contributed by atoms with Crippen LogP contribution in [0.2, 0.25) is 0 Å². The van der Waals surface area contributed by atoms with Crippen LogP contribution in [0.3, 0.4) is 0 Å². The number of phenols is 3. The number of nitrogens with zero attached hydrogens (tertiary/aromatic N) is 2. The molecule has 4 heterocycles. The Bertz CT molecular complexity index is 3220. The second-order valence-corrected chi connectivity index (χ2v) is 18.2. The summed E-state index contributed by atoms with van der Waals surface area (Å²) in [6.07, 6.45) is 6.86. The number of benzene rings is 4. The molecule has 0 fully saturated rings. The van der Waals surface area contributed by atoms with Gasteiger partial charge in [-0.15, -0.1) is 0 Å². The molecule has 0 bridgehead atoms. The van der Waals surface area contributed by atoms with Crippen LogP contribution >= 0.6 is 0 Å². The highest BCUT2D eigenvalue weighted by Crippen LogP contribution is 2.29. The van der Waals surface area contributed by atoms with E-state index in [9.17, 15) is 34.5 Å². The van der Waals surface area contributed by atoms with Crippen molar-refractivity contribution in [2.45, 2.75) is 46.1 Å². The smallest absolute Gasteiger partial charge is 0.245 e. The van der Waals surface area contributed by atoms with Gasteiger partial charge in [0, 0.05) is 136 Å². The summed E-state index contributed by atoms with van der Waals surface area (Å²) in [5, 5.41) is 53.2. The molecule has 0 radical (unpaired) electrons. The Kier molecular flexibility index (Phi) is 23.4. The van der Waals surface area contributed by atoms with E-state index >= 15 is 0 Å². The number of rotatable bonds is 21. The average molecular weight is 1060 g/mol. The van der Waals surface area contributed by atoms with E-state index in [0.717, 1.165) is 102 Å². The third kappa shape index (κ3) is 17.3. The zero-order valence-corrected chi connectivity index (χ0v) is 45.2. The van der Waals surface area contributed by atoms with Gasteiger partial charge in [-0.25, -0.2) is 0 Å². The predicted octanol–water partition coefficient (Wildman–Crippen LogP) is 5.14. The Morgan fingerprint density at radius 1 is 0.532 bits per heavy atom. The number of carbonyl (C=O) groups is 4. The standard InChI is InChI=1S/C15H20N2O3.3C14H18N2O3/c1-10-12(6-7-16-15(19)9-20-3)13-8-11(18)4-5-14(13)17(10)2;1-16-8-10(5-6-15-14(18)9-19-2)12-7-11(17)3-4-13(12)16;1-9-11(5-6-15-14(18)8-19-2)12-7-10(17)3-4-13(12)16-9;1-19-9-14(18)15-5-4-11-7-16-13-3-2-10(8-17)6-12(11)13/h4-5,8,18H,6-7,9H2,1-3H3,(H,16,19);3-4,7-8,17H,5-6,9H2,1-2H3,(H,15,18);3-4,7,16-17H,5-6,8H2,1-2H3,(H,15,18);2-3,6-7,16-17H,4-5,8-9H2,1H3,(H,15,18). The fourth-order valence-corrected chi connectivity index (χ4v) is 8.89. The summed E-state index contributed by atoms with van der Waals surface area (Å²) in [5.41, 5.74) is 11.8. The van der Waals surface area contributed by atoms with E-state index in [1.165, 1.54) is 28.4 Å². The molecule has 4 aromatic carbocycles. The van der Waals surface area contributed by atoms with Crippen molar-refractivity contribution in [1.82, 2.24) is 40.4 Å². The van der Waals surface area contributed by atoms with E-state index in [1.54, 1.807) is 36.4 Å². The number of H-pyrrole nitrogens is 2. The maximum atomic E-state index is 11.4. The Morgan fingerprint density at radius 2 is 1.00 bits per heavy atom. The van der Waals surface area contributed by atoms with Gasteiger partial charge in [-0.3, -0.25) is 19.2 Å². The molecule has 0 atom stereocenters. The molecule has 77 heavy (non-hydrogen) atoms. The van der Waals surface area contributed by atoms with Crippen LogP contribution in [0.4, 0.5) is 0 Å². The second kappa shape index (κ2) is 30.0. The van der Waals surface area contributed by atoms with Gasteiger partial charge in [0.1, 0.15) is 43.7 Å². The number of amides is 4. The number of methoxy groups -OCH3 is 4. The molecule has 4 aromatic heterocycles. The zero-order valence-electron chi connectivity index (χ0n) is 45.2. The fraction of sp³-hybridized carbons (Fsp3) is 0.368. The molecule has 10 N–H and O–H groups in total. The molecule has 0 aliphatic rings. The maximum absolute atomic E-state index is 11.4. The second-order valence-electron chi connectivity index (χ2n) is 18.2. The molecule has 0 saturated carbocycles. The number of ether oxygens (including phenoxy) is 4. The first kappa shape index (κ1) is 60.0. The predicted molar refractivity (Wildman–Crippen MR) is 297 cm³/mol. The minimum atomic E-state index is -0.122. The Labute approximate surface area is 447 Å². The lowest BCUT2D eigenvalue weighted by molar-refractivity contribution is -0.125. The lowest BCUT2D eigenvalue weighted by atomic mass is 10.1. The van der Waals surface area contributed by atoms with Gasteiger partial charge in [0.15, 0.2) is 0 Å². The summed E-state index contributed by atoms with van der Waals surface area (Å²) in [5.74, 6) is 0.285. The highest BCUT2D eigenvalue weighted by atomic mass is 16.5. The number of aryl methyl sites for hydroxylation is 3. The first-order valence-electron chi connectivity index (χ1n) is 25.1. The number of aromatic hydroxyl groups is 3. The number of nitrogens with one attached hydrogen (secondary N) is 6. The van der Waals surface area contributed by atoms with Gasteiger partial charge < -0.3 is 79.7 Å². The first-order chi connectivity index (χ1) is 37.0. The average Bonchev–Trinajstić information content (AvgIpc) is 4.13. The molecule has 0 aliphatic carbocycles. The molecule has 20 nitrogen and oxygen atoms in total. The quantitative estimate of drug-likeness (QED) is 0.0448. The Morgan fingerprint density at radius 3 is 1.55 bits per heavy atom. The normalized spacial score (nSPS) is 10.9. The van der Waals surface area contributed by atoms with Crippen molar-refractivity contribution in [3.8, 4) is 17.2 Å². The summed E-state index contributed by atoms with van der Waals surface area (Å²) in [4.78, 5) is 51.6. The fourth-order valence-electron chi connectivity index (χ4n) is 8.89. The molecule has 8 rings (SSSR count). The SMILES string of the molecule is COCC(=O)NCCc1c(C)[nH]c2ccc(O)cc12.COCC(=O)NCCc1c(C)n(C)c2ccc(O)cc12.COCC(=O)NCCc1c[nH]c2ccc(CO)cc12.COCC(=O)NCCc1cn(C)c2ccc(O)cc12. The topological polar surface area (TPSA) is 276 Å². The van der Waals surface area contributed by atoms with Crippen molar-refractivity contribution in [3.05, 3.63) is 124 Å². The van der Waals surface area contributed by atoms with Gasteiger partial charge in [0.25, 0.3) is 0 Å². The molecular weight excluding hydrogens is 989 g/mol. The van der Waals surface area contributed by atoms with Crippen molar-refractivity contribution in [2.24, 2.45) is 14.1 Å². The van der Waals surface area contributed by atoms with Crippen LogP contribution in [0.5, 0.6) is 17.2 Å². The van der Waals surface area contributed by atoms with E-state index in [1.807, 2.05) is 81.3 Å². The van der Waals surface area contributed by atoms with E-state index < -0.39 is 0 Å². The summed E-state index contributed by atoms with van der Waals surface area (Å²) < 4.78 is 23.1. The van der Waals surface area contributed by atoms with Crippen molar-refractivity contribution in [1.29, 1.82) is 0 Å². The third-order valence-corrected chi connectivity index (χ3v) is 12.7. The summed E-state index contributed by atoms with van der Waals surface area (Å²) >= 11 is 0. The van der Waals surface area contributed by atoms with Crippen LogP contribution in [0, 0.1) is 13.8 Å². The maximum Gasteiger partial charge on any atom is 0.245 e. The van der Waals surface area contributed by atoms with Crippen LogP contribution in [0.15, 0.2) is 85.2 Å². The molecule has 0 unspecified atom stereocenters. The minimum absolute atomic E-state index is 0.0329. The van der Waals surface area contributed by atoms with Crippen LogP contribution in [0.25, 0.3) is 43.6 Å². The first-order valence-corrected chi connectivity index (χ1v) is 25.1. The lowest BCUT2D eigenvalue weighted by Gasteiger charge is -2.05. The third-order valence-electron chi connectivity index (χ3n) is 12.7. The highest BCUT2D eigenvalue weighted by molar-refractivity contribution is 5.89. The zero-order chi connectivity index (χ0) is 56.0. The van der Waals surface area contributed by atoms with Gasteiger partial charge in [-0.05, 0) is 134 Å². The molecule has 414 valence electrons. The van der Waals surface area contributed by atoms with Gasteiger partial charge >= 0.3 is 0 Å². The molecule has 0 aliphatic heterocycles. The number of phenolic OH excluding ortho intramolecular Hbond substituents is 3. The molecule has 0 spiro atoms. The van der Waals surface area contributed by atoms with E-state index in [-0.39, 0.29) is 73.9 Å². The number of aromatic amines is 2. The van der Waals surface area contributed by atoms with Crippen molar-refractivity contribution in [3.63, 3.8) is 0 Å². The molecule has 8 aromatic rings. The monoisotopic (exact) mass is 1060 g/mol. The van der Waals surface area contributed by atoms with Crippen molar-refractivity contribution >= 4 is 67.2 Å². The highest BCUT2D eigenvalue weighted by Gasteiger charge is 2.14. The van der Waals surface area contributed by atoms with Crippen molar-refractivity contribution < 1.29 is 58.6 Å². The van der Waals surface area contributed by atoms with E-state index in [4.69, 9.17) is 24.1 Å². The Hall–Kier alpha value is -7.88. The van der Waals surface area contributed by atoms with Gasteiger partial charge in [-0.1, -0.05) is 6.07 Å². The van der Waals surface area contributed by atoms with Crippen LogP contribution in [-0.4, -0.2) is 144 Å². The van der Waals surface area contributed by atoms with Crippen LogP contribution in [0.1, 0.15) is 39.2 Å². The molecule has 20 heteroatoms. The van der Waals surface area contributed by atoms with Crippen LogP contribution < -0.4 is 21.3 Å². The van der Waals surface area contributed by atoms with E-state index in [0.29, 0.717) is 32.6 Å². The largest absolute Gasteiger partial charge is 0.508 e. The summed E-state index contributed by atoms with van der Waals surface area (Å²) in [7, 11) is 9.94. The van der Waals surface area contributed by atoms with Crippen molar-refractivity contribution in [2.75, 3.05) is 81.0 Å². The minimum Gasteiger partial charge on any atom is -0.508 e. The number of aliphatic hydroxyl groups is 1. The lowest BCUT2D eigenvalue weighted by Crippen LogP contribution is -2.29. The van der Waals surface area contributed by atoms with Crippen LogP contribution in [-0.2, 0) is 84.5 Å². The number of fused-ring (bicyclic) bond motifs is 4. The number of aromatic nitrogens is 4. The molecule has 0 saturated heterocycles. The summed E-state index contributed by atoms with van der Waals surface area (Å²) in [6.45, 7) is 6.61.